The van der Waals surface area contributed by atoms with Crippen molar-refractivity contribution in [3.63, 3.8) is 0 Å². The zero-order valence-corrected chi connectivity index (χ0v) is 7.71. The molecule has 1 heterocycles. The third-order valence-corrected chi connectivity index (χ3v) is 1.82. The molecule has 1 N–H and O–H groups in total. The van der Waals surface area contributed by atoms with Gasteiger partial charge in [-0.2, -0.15) is 0 Å². The van der Waals surface area contributed by atoms with Crippen molar-refractivity contribution in [3.8, 4) is 0 Å². The van der Waals surface area contributed by atoms with Crippen LogP contribution >= 0.6 is 0 Å². The standard InChI is InChI=1S/C8H14N2O3/c1-7(11)9-3-2-4-10-5-6-13-8(10)12/h2-6H2,1H3,(H,9,11). The van der Waals surface area contributed by atoms with Crippen LogP contribution in [0.15, 0.2) is 0 Å². The summed E-state index contributed by atoms with van der Waals surface area (Å²) in [6.07, 6.45) is 0.525. The van der Waals surface area contributed by atoms with Gasteiger partial charge in [0.1, 0.15) is 6.61 Å². The van der Waals surface area contributed by atoms with Gasteiger partial charge < -0.3 is 15.0 Å². The van der Waals surface area contributed by atoms with E-state index in [-0.39, 0.29) is 12.0 Å². The largest absolute Gasteiger partial charge is 0.448 e. The second kappa shape index (κ2) is 4.69. The molecule has 0 atom stereocenters. The molecule has 0 aromatic heterocycles. The third-order valence-electron chi connectivity index (χ3n) is 1.82. The summed E-state index contributed by atoms with van der Waals surface area (Å²) in [7, 11) is 0. The molecule has 1 saturated heterocycles. The highest BCUT2D eigenvalue weighted by Crippen LogP contribution is 2.02. The van der Waals surface area contributed by atoms with E-state index in [1.165, 1.54) is 6.92 Å². The van der Waals surface area contributed by atoms with E-state index < -0.39 is 0 Å². The molecule has 1 fully saturated rings. The monoisotopic (exact) mass is 186 g/mol. The summed E-state index contributed by atoms with van der Waals surface area (Å²) < 4.78 is 4.74. The Morgan fingerprint density at radius 3 is 3.00 bits per heavy atom. The van der Waals surface area contributed by atoms with E-state index in [0.717, 1.165) is 6.42 Å². The van der Waals surface area contributed by atoms with Crippen molar-refractivity contribution in [2.45, 2.75) is 13.3 Å². The smallest absolute Gasteiger partial charge is 0.409 e. The Balaban J connectivity index is 2.05. The molecule has 0 radical (unpaired) electrons. The number of rotatable bonds is 4. The molecule has 5 nitrogen and oxygen atoms in total. The number of nitrogens with one attached hydrogen (secondary N) is 1. The van der Waals surface area contributed by atoms with Gasteiger partial charge in [0.2, 0.25) is 5.91 Å². The van der Waals surface area contributed by atoms with Crippen molar-refractivity contribution < 1.29 is 14.3 Å². The van der Waals surface area contributed by atoms with E-state index in [9.17, 15) is 9.59 Å². The van der Waals surface area contributed by atoms with Gasteiger partial charge in [-0.25, -0.2) is 4.79 Å². The van der Waals surface area contributed by atoms with Gasteiger partial charge in [0.25, 0.3) is 0 Å². The number of cyclic esters (lactones) is 1. The Kier molecular flexibility index (Phi) is 3.54. The maximum atomic E-state index is 10.9. The van der Waals surface area contributed by atoms with Crippen LogP contribution in [-0.2, 0) is 9.53 Å². The van der Waals surface area contributed by atoms with Crippen LogP contribution in [0.5, 0.6) is 0 Å². The predicted octanol–water partition coefficient (Wildman–Crippen LogP) is -0.0352. The Morgan fingerprint density at radius 1 is 1.69 bits per heavy atom. The highest BCUT2D eigenvalue weighted by Gasteiger charge is 2.20. The van der Waals surface area contributed by atoms with Crippen molar-refractivity contribution in [3.05, 3.63) is 0 Å². The van der Waals surface area contributed by atoms with E-state index in [1.807, 2.05) is 0 Å². The molecule has 2 amide bonds. The highest BCUT2D eigenvalue weighted by atomic mass is 16.6. The molecule has 0 aromatic rings. The number of amides is 2. The summed E-state index contributed by atoms with van der Waals surface area (Å²) in [5.74, 6) is -0.0380. The number of carbonyl (C=O) groups is 2. The fraction of sp³-hybridized carbons (Fsp3) is 0.750. The van der Waals surface area contributed by atoms with E-state index in [1.54, 1.807) is 4.90 Å². The lowest BCUT2D eigenvalue weighted by Gasteiger charge is -2.11. The second-order valence-electron chi connectivity index (χ2n) is 2.94. The maximum Gasteiger partial charge on any atom is 0.409 e. The molecule has 0 unspecified atom stereocenters. The van der Waals surface area contributed by atoms with Crippen LogP contribution < -0.4 is 5.32 Å². The normalized spacial score (nSPS) is 15.8. The van der Waals surface area contributed by atoms with Gasteiger partial charge >= 0.3 is 6.09 Å². The molecule has 1 aliphatic rings. The topological polar surface area (TPSA) is 58.6 Å². The molecule has 74 valence electrons. The molecule has 0 saturated carbocycles. The van der Waals surface area contributed by atoms with Gasteiger partial charge in [-0.1, -0.05) is 0 Å². The second-order valence-corrected chi connectivity index (χ2v) is 2.94. The van der Waals surface area contributed by atoms with Crippen molar-refractivity contribution in [2.24, 2.45) is 0 Å². The SMILES string of the molecule is CC(=O)NCCCN1CCOC1=O. The van der Waals surface area contributed by atoms with Gasteiger partial charge in [0.15, 0.2) is 0 Å². The molecule has 0 aromatic carbocycles. The van der Waals surface area contributed by atoms with E-state index in [2.05, 4.69) is 5.32 Å². The maximum absolute atomic E-state index is 10.9. The van der Waals surface area contributed by atoms with Crippen LogP contribution in [0.3, 0.4) is 0 Å². The first kappa shape index (κ1) is 9.83. The number of nitrogens with zero attached hydrogens (tertiary/aromatic N) is 1. The first-order chi connectivity index (χ1) is 6.20. The highest BCUT2D eigenvalue weighted by molar-refractivity contribution is 5.72. The number of ether oxygens (including phenoxy) is 1. The molecule has 0 spiro atoms. The van der Waals surface area contributed by atoms with Crippen molar-refractivity contribution in [2.75, 3.05) is 26.2 Å². The average Bonchev–Trinajstić information content (AvgIpc) is 2.45. The summed E-state index contributed by atoms with van der Waals surface area (Å²) in [5, 5.41) is 2.67. The van der Waals surface area contributed by atoms with Crippen LogP contribution in [0.4, 0.5) is 4.79 Å². The van der Waals surface area contributed by atoms with E-state index in [0.29, 0.717) is 26.2 Å². The van der Waals surface area contributed by atoms with Gasteiger partial charge in [0.05, 0.1) is 6.54 Å². The molecule has 1 aliphatic heterocycles. The van der Waals surface area contributed by atoms with E-state index in [4.69, 9.17) is 4.74 Å². The minimum atomic E-state index is -0.247. The Labute approximate surface area is 77.0 Å². The Bertz CT molecular complexity index is 206. The summed E-state index contributed by atoms with van der Waals surface area (Å²) in [6.45, 7) is 3.89. The molecular formula is C8H14N2O3. The quantitative estimate of drug-likeness (QED) is 0.627. The van der Waals surface area contributed by atoms with Crippen molar-refractivity contribution in [1.29, 1.82) is 0 Å². The first-order valence-corrected chi connectivity index (χ1v) is 4.36. The van der Waals surface area contributed by atoms with Crippen LogP contribution in [0.2, 0.25) is 0 Å². The van der Waals surface area contributed by atoms with Crippen molar-refractivity contribution in [1.82, 2.24) is 10.2 Å². The number of hydrogen-bond donors (Lipinski definition) is 1. The summed E-state index contributed by atoms with van der Waals surface area (Å²) >= 11 is 0. The Hall–Kier alpha value is -1.26. The molecule has 1 rings (SSSR count). The zero-order chi connectivity index (χ0) is 9.68. The number of hydrogen-bond acceptors (Lipinski definition) is 3. The zero-order valence-electron chi connectivity index (χ0n) is 7.71. The molecule has 0 aliphatic carbocycles. The van der Waals surface area contributed by atoms with Gasteiger partial charge in [-0.3, -0.25) is 4.79 Å². The first-order valence-electron chi connectivity index (χ1n) is 4.36. The van der Waals surface area contributed by atoms with Gasteiger partial charge in [-0.15, -0.1) is 0 Å². The van der Waals surface area contributed by atoms with Gasteiger partial charge in [0, 0.05) is 20.0 Å². The Morgan fingerprint density at radius 2 is 2.46 bits per heavy atom. The summed E-state index contributed by atoms with van der Waals surface area (Å²) in [6, 6.07) is 0. The van der Waals surface area contributed by atoms with E-state index >= 15 is 0 Å². The van der Waals surface area contributed by atoms with Crippen LogP contribution in [0.1, 0.15) is 13.3 Å². The van der Waals surface area contributed by atoms with Crippen molar-refractivity contribution >= 4 is 12.0 Å². The lowest BCUT2D eigenvalue weighted by Crippen LogP contribution is -2.29. The lowest BCUT2D eigenvalue weighted by atomic mass is 10.4. The van der Waals surface area contributed by atoms with Crippen LogP contribution in [-0.4, -0.2) is 43.1 Å². The molecule has 13 heavy (non-hydrogen) atoms. The lowest BCUT2D eigenvalue weighted by molar-refractivity contribution is -0.118. The predicted molar refractivity (Wildman–Crippen MR) is 46.2 cm³/mol. The minimum Gasteiger partial charge on any atom is -0.448 e. The third kappa shape index (κ3) is 3.31. The van der Waals surface area contributed by atoms with Gasteiger partial charge in [-0.05, 0) is 6.42 Å². The molecule has 5 heteroatoms. The minimum absolute atomic E-state index is 0.0380. The fourth-order valence-electron chi connectivity index (χ4n) is 1.16. The van der Waals surface area contributed by atoms with Crippen LogP contribution in [0, 0.1) is 0 Å². The summed E-state index contributed by atoms with van der Waals surface area (Å²) in [4.78, 5) is 23.0. The van der Waals surface area contributed by atoms with Crippen LogP contribution in [0.25, 0.3) is 0 Å². The summed E-state index contributed by atoms with van der Waals surface area (Å²) in [5.41, 5.74) is 0. The number of carbonyl (C=O) groups excluding carboxylic acids is 2. The fourth-order valence-corrected chi connectivity index (χ4v) is 1.16. The molecule has 0 bridgehead atoms. The molecular weight excluding hydrogens is 172 g/mol. The average molecular weight is 186 g/mol.